The van der Waals surface area contributed by atoms with Gasteiger partial charge in [0.2, 0.25) is 5.91 Å². The highest BCUT2D eigenvalue weighted by Gasteiger charge is 2.21. The normalized spacial score (nSPS) is 23.7. The van der Waals surface area contributed by atoms with Gasteiger partial charge in [-0.1, -0.05) is 0 Å². The molecule has 1 fully saturated rings. The van der Waals surface area contributed by atoms with Gasteiger partial charge in [-0.05, 0) is 25.7 Å². The van der Waals surface area contributed by atoms with Crippen LogP contribution >= 0.6 is 0 Å². The van der Waals surface area contributed by atoms with Crippen LogP contribution in [-0.4, -0.2) is 40.7 Å². The Kier molecular flexibility index (Phi) is 3.95. The van der Waals surface area contributed by atoms with E-state index in [-0.39, 0.29) is 24.2 Å². The van der Waals surface area contributed by atoms with E-state index in [4.69, 9.17) is 10.2 Å². The lowest BCUT2D eigenvalue weighted by atomic mass is 9.99. The Morgan fingerprint density at radius 1 is 1.64 bits per heavy atom. The smallest absolute Gasteiger partial charge is 0.249 e. The predicted molar refractivity (Wildman–Crippen MR) is 52.8 cm³/mol. The van der Waals surface area contributed by atoms with Gasteiger partial charge < -0.3 is 15.1 Å². The van der Waals surface area contributed by atoms with Crippen molar-refractivity contribution in [2.24, 2.45) is 5.92 Å². The van der Waals surface area contributed by atoms with Crippen LogP contribution in [0.4, 0.5) is 0 Å². The molecule has 2 N–H and O–H groups in total. The molecule has 0 bridgehead atoms. The summed E-state index contributed by atoms with van der Waals surface area (Å²) in [5.74, 6) is 0.0596. The molecular weight excluding hydrogens is 182 g/mol. The first-order valence-corrected chi connectivity index (χ1v) is 4.90. The number of hydrogen-bond donors (Lipinski definition) is 2. The summed E-state index contributed by atoms with van der Waals surface area (Å²) in [5, 5.41) is 17.9. The van der Waals surface area contributed by atoms with Crippen molar-refractivity contribution in [3.05, 3.63) is 11.8 Å². The highest BCUT2D eigenvalue weighted by Crippen LogP contribution is 2.16. The van der Waals surface area contributed by atoms with Crippen LogP contribution in [0, 0.1) is 5.92 Å². The van der Waals surface area contributed by atoms with Crippen molar-refractivity contribution in [2.75, 3.05) is 19.7 Å². The molecule has 1 aliphatic rings. The van der Waals surface area contributed by atoms with E-state index in [9.17, 15) is 4.79 Å². The summed E-state index contributed by atoms with van der Waals surface area (Å²) in [4.78, 5) is 13.1. The van der Waals surface area contributed by atoms with Crippen LogP contribution in [0.2, 0.25) is 0 Å². The van der Waals surface area contributed by atoms with Gasteiger partial charge >= 0.3 is 0 Å². The van der Waals surface area contributed by atoms with Gasteiger partial charge in [-0.25, -0.2) is 0 Å². The minimum absolute atomic E-state index is 0.0288. The van der Waals surface area contributed by atoms with Crippen LogP contribution in [0.1, 0.15) is 19.8 Å². The van der Waals surface area contributed by atoms with Crippen LogP contribution in [0.5, 0.6) is 0 Å². The van der Waals surface area contributed by atoms with Gasteiger partial charge in [0.15, 0.2) is 0 Å². The molecule has 0 radical (unpaired) electrons. The molecule has 14 heavy (non-hydrogen) atoms. The molecule has 4 heteroatoms. The van der Waals surface area contributed by atoms with E-state index < -0.39 is 0 Å². The van der Waals surface area contributed by atoms with Crippen LogP contribution in [0.15, 0.2) is 11.8 Å². The summed E-state index contributed by atoms with van der Waals surface area (Å²) in [7, 11) is 0. The molecule has 1 aliphatic heterocycles. The maximum Gasteiger partial charge on any atom is 0.249 e. The maximum atomic E-state index is 11.5. The van der Waals surface area contributed by atoms with Crippen LogP contribution in [0.3, 0.4) is 0 Å². The number of amides is 1. The zero-order chi connectivity index (χ0) is 10.6. The summed E-state index contributed by atoms with van der Waals surface area (Å²) in [6, 6.07) is 0. The molecule has 1 amide bonds. The number of allylic oxidation sites excluding steroid dienone is 1. The Labute approximate surface area is 83.8 Å². The molecule has 0 aromatic heterocycles. The zero-order valence-corrected chi connectivity index (χ0v) is 8.44. The molecular formula is C10H17NO3. The largest absolute Gasteiger partial charge is 0.512 e. The van der Waals surface area contributed by atoms with Gasteiger partial charge in [-0.3, -0.25) is 4.79 Å². The molecule has 0 aromatic rings. The van der Waals surface area contributed by atoms with Crippen LogP contribution in [-0.2, 0) is 4.79 Å². The zero-order valence-electron chi connectivity index (χ0n) is 8.44. The number of carbonyl (C=O) groups is 1. The Morgan fingerprint density at radius 2 is 2.36 bits per heavy atom. The van der Waals surface area contributed by atoms with Crippen molar-refractivity contribution >= 4 is 5.91 Å². The Bertz CT molecular complexity index is 234. The number of rotatable bonds is 2. The summed E-state index contributed by atoms with van der Waals surface area (Å²) in [5.41, 5.74) is 0. The van der Waals surface area contributed by atoms with Crippen molar-refractivity contribution < 1.29 is 15.0 Å². The van der Waals surface area contributed by atoms with Gasteiger partial charge in [-0.2, -0.15) is 0 Å². The average molecular weight is 199 g/mol. The number of aliphatic hydroxyl groups is 2. The second-order valence-corrected chi connectivity index (χ2v) is 3.76. The maximum absolute atomic E-state index is 11.5. The van der Waals surface area contributed by atoms with Crippen molar-refractivity contribution in [1.29, 1.82) is 0 Å². The van der Waals surface area contributed by atoms with Crippen molar-refractivity contribution in [3.8, 4) is 0 Å². The molecule has 0 aromatic carbocycles. The minimum Gasteiger partial charge on any atom is -0.512 e. The first-order chi connectivity index (χ1) is 6.63. The second kappa shape index (κ2) is 5.00. The Balaban J connectivity index is 2.51. The topological polar surface area (TPSA) is 60.8 Å². The third kappa shape index (κ3) is 3.03. The summed E-state index contributed by atoms with van der Waals surface area (Å²) in [6.07, 6.45) is 3.12. The number of hydrogen-bond acceptors (Lipinski definition) is 3. The van der Waals surface area contributed by atoms with Crippen molar-refractivity contribution in [3.63, 3.8) is 0 Å². The third-order valence-electron chi connectivity index (χ3n) is 2.42. The second-order valence-electron chi connectivity index (χ2n) is 3.76. The molecule has 4 nitrogen and oxygen atoms in total. The Morgan fingerprint density at radius 3 is 2.93 bits per heavy atom. The fourth-order valence-electron chi connectivity index (χ4n) is 1.68. The molecule has 1 rings (SSSR count). The molecule has 0 aliphatic carbocycles. The summed E-state index contributed by atoms with van der Waals surface area (Å²) >= 11 is 0. The molecule has 0 spiro atoms. The number of likely N-dealkylation sites (tertiary alicyclic amines) is 1. The number of piperidine rings is 1. The van der Waals surface area contributed by atoms with E-state index in [1.807, 2.05) is 0 Å². The van der Waals surface area contributed by atoms with Gasteiger partial charge in [0.1, 0.15) is 0 Å². The first-order valence-electron chi connectivity index (χ1n) is 4.90. The van der Waals surface area contributed by atoms with E-state index in [1.54, 1.807) is 4.90 Å². The van der Waals surface area contributed by atoms with E-state index >= 15 is 0 Å². The lowest BCUT2D eigenvalue weighted by Gasteiger charge is -2.31. The lowest BCUT2D eigenvalue weighted by molar-refractivity contribution is -0.128. The first kappa shape index (κ1) is 11.0. The molecule has 1 atom stereocenters. The fourth-order valence-corrected chi connectivity index (χ4v) is 1.68. The molecule has 1 saturated heterocycles. The van der Waals surface area contributed by atoms with Crippen molar-refractivity contribution in [1.82, 2.24) is 4.90 Å². The SMILES string of the molecule is CC(O)=CC(=O)N1CCCC(CO)C1. The van der Waals surface area contributed by atoms with Crippen LogP contribution < -0.4 is 0 Å². The summed E-state index contributed by atoms with van der Waals surface area (Å²) < 4.78 is 0. The standard InChI is InChI=1S/C10H17NO3/c1-8(13)5-10(14)11-4-2-3-9(6-11)7-12/h5,9,12-13H,2-4,6-7H2,1H3. The minimum atomic E-state index is -0.164. The van der Waals surface area contributed by atoms with Gasteiger partial charge in [0.25, 0.3) is 0 Å². The van der Waals surface area contributed by atoms with E-state index in [1.165, 1.54) is 13.0 Å². The molecule has 80 valence electrons. The van der Waals surface area contributed by atoms with Gasteiger partial charge in [-0.15, -0.1) is 0 Å². The van der Waals surface area contributed by atoms with Crippen LogP contribution in [0.25, 0.3) is 0 Å². The number of carbonyl (C=O) groups excluding carboxylic acids is 1. The number of aliphatic hydroxyl groups excluding tert-OH is 2. The van der Waals surface area contributed by atoms with Gasteiger partial charge in [0.05, 0.1) is 5.76 Å². The Hall–Kier alpha value is -1.03. The number of nitrogens with zero attached hydrogens (tertiary/aromatic N) is 1. The van der Waals surface area contributed by atoms with E-state index in [0.717, 1.165) is 19.4 Å². The fraction of sp³-hybridized carbons (Fsp3) is 0.700. The summed E-state index contributed by atoms with van der Waals surface area (Å²) in [6.45, 7) is 2.93. The highest BCUT2D eigenvalue weighted by atomic mass is 16.3. The monoisotopic (exact) mass is 199 g/mol. The van der Waals surface area contributed by atoms with Crippen molar-refractivity contribution in [2.45, 2.75) is 19.8 Å². The molecule has 1 unspecified atom stereocenters. The quantitative estimate of drug-likeness (QED) is 0.508. The molecule has 0 saturated carbocycles. The van der Waals surface area contributed by atoms with E-state index in [2.05, 4.69) is 0 Å². The lowest BCUT2D eigenvalue weighted by Crippen LogP contribution is -2.40. The van der Waals surface area contributed by atoms with E-state index in [0.29, 0.717) is 6.54 Å². The molecule has 1 heterocycles. The third-order valence-corrected chi connectivity index (χ3v) is 2.42. The highest BCUT2D eigenvalue weighted by molar-refractivity contribution is 5.87. The average Bonchev–Trinajstić information content (AvgIpc) is 2.17. The van der Waals surface area contributed by atoms with Gasteiger partial charge in [0, 0.05) is 25.8 Å². The predicted octanol–water partition coefficient (Wildman–Crippen LogP) is 0.679.